The van der Waals surface area contributed by atoms with Crippen LogP contribution in [0.2, 0.25) is 0 Å². The maximum Gasteiger partial charge on any atom is 0.137 e. The Morgan fingerprint density at radius 3 is 2.84 bits per heavy atom. The lowest BCUT2D eigenvalue weighted by Gasteiger charge is -2.34. The Morgan fingerprint density at radius 2 is 2.16 bits per heavy atom. The molecular weight excluding hydrogens is 234 g/mol. The van der Waals surface area contributed by atoms with Gasteiger partial charge in [0.2, 0.25) is 0 Å². The highest BCUT2D eigenvalue weighted by Crippen LogP contribution is 2.31. The molecule has 0 radical (unpaired) electrons. The third-order valence-corrected chi connectivity index (χ3v) is 3.84. The molecule has 3 heteroatoms. The smallest absolute Gasteiger partial charge is 0.137 e. The number of rotatable bonds is 2. The fourth-order valence-corrected chi connectivity index (χ4v) is 2.87. The van der Waals surface area contributed by atoms with E-state index < -0.39 is 0 Å². The van der Waals surface area contributed by atoms with Crippen molar-refractivity contribution in [2.75, 3.05) is 11.4 Å². The highest BCUT2D eigenvalue weighted by molar-refractivity contribution is 5.66. The number of aryl methyl sites for hydroxylation is 2. The van der Waals surface area contributed by atoms with E-state index in [0.29, 0.717) is 6.04 Å². The standard InChI is InChI=1S/C16H21N3/c1-11(2)19-8-4-5-13-9-14(6-7-15(13)19)16-17-10-12(3)18-16/h6-7,9-11H,4-5,8H2,1-3H3,(H,17,18). The third-order valence-electron chi connectivity index (χ3n) is 3.84. The minimum Gasteiger partial charge on any atom is -0.369 e. The van der Waals surface area contributed by atoms with Gasteiger partial charge >= 0.3 is 0 Å². The number of aromatic nitrogens is 2. The summed E-state index contributed by atoms with van der Waals surface area (Å²) in [5, 5.41) is 0. The number of imidazole rings is 1. The van der Waals surface area contributed by atoms with Crippen LogP contribution < -0.4 is 4.90 Å². The van der Waals surface area contributed by atoms with Crippen LogP contribution >= 0.6 is 0 Å². The molecule has 0 atom stereocenters. The number of H-pyrrole nitrogens is 1. The lowest BCUT2D eigenvalue weighted by molar-refractivity contribution is 0.626. The average molecular weight is 255 g/mol. The molecule has 100 valence electrons. The van der Waals surface area contributed by atoms with Crippen molar-refractivity contribution in [2.24, 2.45) is 0 Å². The maximum atomic E-state index is 4.51. The minimum absolute atomic E-state index is 0.566. The van der Waals surface area contributed by atoms with Crippen molar-refractivity contribution >= 4 is 5.69 Å². The van der Waals surface area contributed by atoms with E-state index in [1.165, 1.54) is 36.2 Å². The number of hydrogen-bond acceptors (Lipinski definition) is 2. The molecule has 0 spiro atoms. The number of nitrogens with one attached hydrogen (secondary N) is 1. The first-order chi connectivity index (χ1) is 9.15. The van der Waals surface area contributed by atoms with Crippen LogP contribution in [-0.4, -0.2) is 22.6 Å². The topological polar surface area (TPSA) is 31.9 Å². The molecule has 0 saturated carbocycles. The molecule has 2 aromatic rings. The number of benzene rings is 1. The van der Waals surface area contributed by atoms with Crippen LogP contribution in [-0.2, 0) is 6.42 Å². The summed E-state index contributed by atoms with van der Waals surface area (Å²) >= 11 is 0. The van der Waals surface area contributed by atoms with Crippen molar-refractivity contribution in [2.45, 2.75) is 39.7 Å². The van der Waals surface area contributed by atoms with Crippen LogP contribution in [0.15, 0.2) is 24.4 Å². The van der Waals surface area contributed by atoms with Crippen LogP contribution in [0, 0.1) is 6.92 Å². The van der Waals surface area contributed by atoms with E-state index in [4.69, 9.17) is 0 Å². The zero-order valence-electron chi connectivity index (χ0n) is 11.9. The van der Waals surface area contributed by atoms with Crippen molar-refractivity contribution in [3.8, 4) is 11.4 Å². The van der Waals surface area contributed by atoms with Gasteiger partial charge in [-0.05, 0) is 57.4 Å². The zero-order valence-corrected chi connectivity index (χ0v) is 11.9. The lowest BCUT2D eigenvalue weighted by atomic mass is 9.98. The van der Waals surface area contributed by atoms with Gasteiger partial charge in [0.05, 0.1) is 5.69 Å². The van der Waals surface area contributed by atoms with E-state index in [2.05, 4.69) is 46.9 Å². The molecule has 1 aromatic carbocycles. The summed E-state index contributed by atoms with van der Waals surface area (Å²) < 4.78 is 0. The molecular formula is C16H21N3. The van der Waals surface area contributed by atoms with Gasteiger partial charge in [-0.15, -0.1) is 0 Å². The predicted molar refractivity (Wildman–Crippen MR) is 79.6 cm³/mol. The van der Waals surface area contributed by atoms with Crippen LogP contribution in [0.1, 0.15) is 31.5 Å². The van der Waals surface area contributed by atoms with Gasteiger partial charge in [0.1, 0.15) is 5.82 Å². The van der Waals surface area contributed by atoms with Crippen molar-refractivity contribution in [3.05, 3.63) is 35.7 Å². The van der Waals surface area contributed by atoms with Crippen molar-refractivity contribution in [1.29, 1.82) is 0 Å². The number of anilines is 1. The van der Waals surface area contributed by atoms with Crippen LogP contribution in [0.3, 0.4) is 0 Å². The summed E-state index contributed by atoms with van der Waals surface area (Å²) in [6.45, 7) is 7.71. The molecule has 1 N–H and O–H groups in total. The molecule has 0 fully saturated rings. The minimum atomic E-state index is 0.566. The Hall–Kier alpha value is -1.77. The average Bonchev–Trinajstić information content (AvgIpc) is 2.84. The van der Waals surface area contributed by atoms with Gasteiger partial charge in [-0.3, -0.25) is 0 Å². The molecule has 2 heterocycles. The number of hydrogen-bond donors (Lipinski definition) is 1. The summed E-state index contributed by atoms with van der Waals surface area (Å²) in [4.78, 5) is 10.2. The van der Waals surface area contributed by atoms with Crippen molar-refractivity contribution in [3.63, 3.8) is 0 Å². The first-order valence-corrected chi connectivity index (χ1v) is 7.07. The Morgan fingerprint density at radius 1 is 1.32 bits per heavy atom. The highest BCUT2D eigenvalue weighted by Gasteiger charge is 2.19. The Kier molecular flexibility index (Phi) is 3.05. The first kappa shape index (κ1) is 12.3. The summed E-state index contributed by atoms with van der Waals surface area (Å²) in [7, 11) is 0. The highest BCUT2D eigenvalue weighted by atomic mass is 15.2. The SMILES string of the molecule is Cc1c[nH]c(-c2ccc3c(c2)CCCN3C(C)C)n1. The van der Waals surface area contributed by atoms with Gasteiger partial charge < -0.3 is 9.88 Å². The first-order valence-electron chi connectivity index (χ1n) is 7.07. The molecule has 0 amide bonds. The summed E-state index contributed by atoms with van der Waals surface area (Å²) in [5.41, 5.74) is 5.08. The molecule has 19 heavy (non-hydrogen) atoms. The van der Waals surface area contributed by atoms with Gasteiger partial charge in [0.15, 0.2) is 0 Å². The number of nitrogens with zero attached hydrogens (tertiary/aromatic N) is 2. The Labute approximate surface area is 114 Å². The monoisotopic (exact) mass is 255 g/mol. The van der Waals surface area contributed by atoms with Gasteiger partial charge in [0.25, 0.3) is 0 Å². The molecule has 0 bridgehead atoms. The maximum absolute atomic E-state index is 4.51. The van der Waals surface area contributed by atoms with Gasteiger partial charge in [-0.1, -0.05) is 0 Å². The molecule has 3 rings (SSSR count). The fourth-order valence-electron chi connectivity index (χ4n) is 2.87. The molecule has 1 aliphatic heterocycles. The van der Waals surface area contributed by atoms with E-state index in [1.54, 1.807) is 0 Å². The molecule has 1 aromatic heterocycles. The summed E-state index contributed by atoms with van der Waals surface area (Å²) in [5.74, 6) is 0.974. The molecule has 0 saturated heterocycles. The Balaban J connectivity index is 2.00. The van der Waals surface area contributed by atoms with Crippen LogP contribution in [0.5, 0.6) is 0 Å². The molecule has 3 nitrogen and oxygen atoms in total. The largest absolute Gasteiger partial charge is 0.369 e. The second kappa shape index (κ2) is 4.72. The summed E-state index contributed by atoms with van der Waals surface area (Å²) in [6, 6.07) is 7.29. The summed E-state index contributed by atoms with van der Waals surface area (Å²) in [6.07, 6.45) is 4.37. The lowest BCUT2D eigenvalue weighted by Crippen LogP contribution is -2.35. The van der Waals surface area contributed by atoms with Crippen molar-refractivity contribution in [1.82, 2.24) is 9.97 Å². The van der Waals surface area contributed by atoms with E-state index in [1.807, 2.05) is 13.1 Å². The second-order valence-electron chi connectivity index (χ2n) is 5.62. The predicted octanol–water partition coefficient (Wildman–Crippen LogP) is 3.55. The van der Waals surface area contributed by atoms with E-state index in [-0.39, 0.29) is 0 Å². The number of aromatic amines is 1. The van der Waals surface area contributed by atoms with Gasteiger partial charge in [-0.2, -0.15) is 0 Å². The number of fused-ring (bicyclic) bond motifs is 1. The van der Waals surface area contributed by atoms with Crippen LogP contribution in [0.25, 0.3) is 11.4 Å². The quantitative estimate of drug-likeness (QED) is 0.890. The molecule has 1 aliphatic rings. The van der Waals surface area contributed by atoms with Crippen LogP contribution in [0.4, 0.5) is 5.69 Å². The van der Waals surface area contributed by atoms with E-state index in [0.717, 1.165) is 11.5 Å². The molecule has 0 unspecified atom stereocenters. The van der Waals surface area contributed by atoms with Crippen molar-refractivity contribution < 1.29 is 0 Å². The second-order valence-corrected chi connectivity index (χ2v) is 5.62. The zero-order chi connectivity index (χ0) is 13.4. The van der Waals surface area contributed by atoms with E-state index >= 15 is 0 Å². The van der Waals surface area contributed by atoms with Gasteiger partial charge in [0, 0.05) is 30.0 Å². The Bertz CT molecular complexity index is 583. The van der Waals surface area contributed by atoms with E-state index in [9.17, 15) is 0 Å². The third kappa shape index (κ3) is 2.25. The fraction of sp³-hybridized carbons (Fsp3) is 0.438. The normalized spacial score (nSPS) is 14.8. The molecule has 0 aliphatic carbocycles. The van der Waals surface area contributed by atoms with Gasteiger partial charge in [-0.25, -0.2) is 4.98 Å².